The molecule has 1 aliphatic rings. The van der Waals surface area contributed by atoms with Crippen molar-refractivity contribution < 1.29 is 9.53 Å². The van der Waals surface area contributed by atoms with Gasteiger partial charge in [-0.05, 0) is 48.2 Å². The van der Waals surface area contributed by atoms with Crippen LogP contribution >= 0.6 is 15.9 Å². The van der Waals surface area contributed by atoms with E-state index in [4.69, 9.17) is 4.74 Å². The van der Waals surface area contributed by atoms with E-state index in [1.54, 1.807) is 0 Å². The first-order chi connectivity index (χ1) is 13.2. The molecule has 1 amide bonds. The number of unbranched alkanes of at least 4 members (excludes halogenated alkanes) is 1. The van der Waals surface area contributed by atoms with Crippen molar-refractivity contribution in [1.82, 2.24) is 16.2 Å². The van der Waals surface area contributed by atoms with Crippen molar-refractivity contribution in [2.45, 2.75) is 44.8 Å². The summed E-state index contributed by atoms with van der Waals surface area (Å²) in [4.78, 5) is 12.4. The molecule has 1 fully saturated rings. The van der Waals surface area contributed by atoms with E-state index in [0.29, 0.717) is 13.0 Å². The molecule has 144 valence electrons. The number of ether oxygens (including phenoxy) is 1. The molecule has 0 spiro atoms. The molecule has 3 rings (SSSR count). The number of benzene rings is 2. The fourth-order valence-electron chi connectivity index (χ4n) is 2.99. The minimum Gasteiger partial charge on any atom is -0.494 e. The molecule has 6 heteroatoms. The average Bonchev–Trinajstić information content (AvgIpc) is 3.18. The van der Waals surface area contributed by atoms with E-state index in [9.17, 15) is 4.79 Å². The summed E-state index contributed by atoms with van der Waals surface area (Å²) in [5.41, 5.74) is 8.55. The fourth-order valence-corrected chi connectivity index (χ4v) is 3.26. The molecule has 27 heavy (non-hydrogen) atoms. The van der Waals surface area contributed by atoms with Crippen LogP contribution in [-0.4, -0.2) is 18.6 Å². The Bertz CT molecular complexity index is 734. The number of carbonyl (C=O) groups is 1. The SMILES string of the molecule is CCCCOc1ccc(C2CC(C(=O)NCc3ccc(Br)cc3)NN2)cc1. The summed E-state index contributed by atoms with van der Waals surface area (Å²) in [6, 6.07) is 15.9. The van der Waals surface area contributed by atoms with E-state index in [0.717, 1.165) is 40.8 Å². The number of rotatable bonds is 8. The number of carbonyl (C=O) groups excluding carboxylic acids is 1. The molecule has 1 aliphatic heterocycles. The second-order valence-electron chi connectivity index (χ2n) is 6.74. The summed E-state index contributed by atoms with van der Waals surface area (Å²) in [5.74, 6) is 0.898. The zero-order valence-corrected chi connectivity index (χ0v) is 17.1. The molecule has 1 heterocycles. The molecule has 2 aromatic carbocycles. The lowest BCUT2D eigenvalue weighted by Gasteiger charge is -2.12. The number of hydrogen-bond donors (Lipinski definition) is 3. The number of halogens is 1. The molecular weight excluding hydrogens is 406 g/mol. The highest BCUT2D eigenvalue weighted by molar-refractivity contribution is 9.10. The predicted octanol–water partition coefficient (Wildman–Crippen LogP) is 3.85. The second kappa shape index (κ2) is 9.88. The summed E-state index contributed by atoms with van der Waals surface area (Å²) in [6.07, 6.45) is 2.90. The highest BCUT2D eigenvalue weighted by atomic mass is 79.9. The predicted molar refractivity (Wildman–Crippen MR) is 110 cm³/mol. The topological polar surface area (TPSA) is 62.4 Å². The quantitative estimate of drug-likeness (QED) is 0.555. The van der Waals surface area contributed by atoms with Crippen molar-refractivity contribution in [3.05, 3.63) is 64.1 Å². The smallest absolute Gasteiger partial charge is 0.238 e. The van der Waals surface area contributed by atoms with Crippen molar-refractivity contribution in [3.63, 3.8) is 0 Å². The zero-order valence-electron chi connectivity index (χ0n) is 15.5. The summed E-state index contributed by atoms with van der Waals surface area (Å²) in [6.45, 7) is 3.43. The van der Waals surface area contributed by atoms with Crippen LogP contribution in [0.25, 0.3) is 0 Å². The van der Waals surface area contributed by atoms with Crippen molar-refractivity contribution in [2.24, 2.45) is 0 Å². The molecule has 0 aliphatic carbocycles. The van der Waals surface area contributed by atoms with E-state index in [1.165, 1.54) is 0 Å². The van der Waals surface area contributed by atoms with Gasteiger partial charge in [-0.2, -0.15) is 0 Å². The van der Waals surface area contributed by atoms with Gasteiger partial charge in [0.15, 0.2) is 0 Å². The molecule has 1 saturated heterocycles. The third-order valence-corrected chi connectivity index (χ3v) is 5.18. The van der Waals surface area contributed by atoms with E-state index in [1.807, 2.05) is 36.4 Å². The maximum atomic E-state index is 12.4. The minimum atomic E-state index is -0.245. The van der Waals surface area contributed by atoms with Gasteiger partial charge in [0.1, 0.15) is 11.8 Å². The molecule has 0 bridgehead atoms. The molecule has 0 saturated carbocycles. The van der Waals surface area contributed by atoms with Crippen LogP contribution in [0.15, 0.2) is 53.0 Å². The Hall–Kier alpha value is -1.89. The van der Waals surface area contributed by atoms with Crippen molar-refractivity contribution >= 4 is 21.8 Å². The van der Waals surface area contributed by atoms with Crippen molar-refractivity contribution in [2.75, 3.05) is 6.61 Å². The van der Waals surface area contributed by atoms with Crippen LogP contribution in [0.2, 0.25) is 0 Å². The summed E-state index contributed by atoms with van der Waals surface area (Å²) < 4.78 is 6.73. The van der Waals surface area contributed by atoms with E-state index in [2.05, 4.69) is 51.2 Å². The molecule has 2 unspecified atom stereocenters. The van der Waals surface area contributed by atoms with E-state index >= 15 is 0 Å². The van der Waals surface area contributed by atoms with Gasteiger partial charge in [-0.15, -0.1) is 0 Å². The lowest BCUT2D eigenvalue weighted by molar-refractivity contribution is -0.123. The summed E-state index contributed by atoms with van der Waals surface area (Å²) >= 11 is 3.41. The summed E-state index contributed by atoms with van der Waals surface area (Å²) in [7, 11) is 0. The van der Waals surface area contributed by atoms with Crippen LogP contribution in [0.3, 0.4) is 0 Å². The van der Waals surface area contributed by atoms with Crippen LogP contribution in [-0.2, 0) is 11.3 Å². The number of nitrogens with one attached hydrogen (secondary N) is 3. The van der Waals surface area contributed by atoms with Gasteiger partial charge in [-0.3, -0.25) is 4.79 Å². The first-order valence-corrected chi connectivity index (χ1v) is 10.2. The normalized spacial score (nSPS) is 19.0. The third-order valence-electron chi connectivity index (χ3n) is 4.65. The molecule has 3 N–H and O–H groups in total. The Morgan fingerprint density at radius 2 is 1.89 bits per heavy atom. The largest absolute Gasteiger partial charge is 0.494 e. The lowest BCUT2D eigenvalue weighted by atomic mass is 10.0. The van der Waals surface area contributed by atoms with Gasteiger partial charge in [0, 0.05) is 17.1 Å². The maximum absolute atomic E-state index is 12.4. The molecule has 0 radical (unpaired) electrons. The second-order valence-corrected chi connectivity index (χ2v) is 7.66. The Kier molecular flexibility index (Phi) is 7.26. The van der Waals surface area contributed by atoms with Gasteiger partial charge < -0.3 is 10.1 Å². The monoisotopic (exact) mass is 431 g/mol. The zero-order chi connectivity index (χ0) is 19.1. The molecular formula is C21H26BrN3O2. The Morgan fingerprint density at radius 1 is 1.15 bits per heavy atom. The van der Waals surface area contributed by atoms with Gasteiger partial charge in [0.2, 0.25) is 5.91 Å². The standard InChI is InChI=1S/C21H26BrN3O2/c1-2-3-12-27-18-10-6-16(7-11-18)19-13-20(25-24-19)21(26)23-14-15-4-8-17(22)9-5-15/h4-11,19-20,24-25H,2-3,12-14H2,1H3,(H,23,26). The molecule has 2 atom stereocenters. The van der Waals surface area contributed by atoms with Gasteiger partial charge in [0.25, 0.3) is 0 Å². The first-order valence-electron chi connectivity index (χ1n) is 9.41. The maximum Gasteiger partial charge on any atom is 0.238 e. The van der Waals surface area contributed by atoms with Crippen LogP contribution < -0.4 is 20.9 Å². The first kappa shape index (κ1) is 19.9. The molecule has 2 aromatic rings. The molecule has 0 aromatic heterocycles. The highest BCUT2D eigenvalue weighted by Gasteiger charge is 2.29. The number of hydrogen-bond acceptors (Lipinski definition) is 4. The van der Waals surface area contributed by atoms with E-state index in [-0.39, 0.29) is 18.0 Å². The summed E-state index contributed by atoms with van der Waals surface area (Å²) in [5, 5.41) is 2.99. The van der Waals surface area contributed by atoms with Gasteiger partial charge >= 0.3 is 0 Å². The van der Waals surface area contributed by atoms with Gasteiger partial charge in [0.05, 0.1) is 6.61 Å². The van der Waals surface area contributed by atoms with Gasteiger partial charge in [-0.25, -0.2) is 10.9 Å². The highest BCUT2D eigenvalue weighted by Crippen LogP contribution is 2.24. The number of hydrazine groups is 1. The van der Waals surface area contributed by atoms with Crippen LogP contribution in [0.1, 0.15) is 43.4 Å². The van der Waals surface area contributed by atoms with Crippen LogP contribution in [0, 0.1) is 0 Å². The van der Waals surface area contributed by atoms with Gasteiger partial charge in [-0.1, -0.05) is 53.5 Å². The average molecular weight is 432 g/mol. The Balaban J connectivity index is 1.47. The lowest BCUT2D eigenvalue weighted by Crippen LogP contribution is -2.42. The Labute approximate surface area is 169 Å². The van der Waals surface area contributed by atoms with Crippen LogP contribution in [0.5, 0.6) is 5.75 Å². The van der Waals surface area contributed by atoms with Crippen molar-refractivity contribution in [3.8, 4) is 5.75 Å². The third kappa shape index (κ3) is 5.79. The minimum absolute atomic E-state index is 0.00689. The fraction of sp³-hybridized carbons (Fsp3) is 0.381. The molecule has 5 nitrogen and oxygen atoms in total. The Morgan fingerprint density at radius 3 is 2.59 bits per heavy atom. The van der Waals surface area contributed by atoms with Crippen molar-refractivity contribution in [1.29, 1.82) is 0 Å². The van der Waals surface area contributed by atoms with Crippen LogP contribution in [0.4, 0.5) is 0 Å². The number of amides is 1. The van der Waals surface area contributed by atoms with E-state index < -0.39 is 0 Å².